The average molecular weight is 421 g/mol. The maximum absolute atomic E-state index is 11.0. The summed E-state index contributed by atoms with van der Waals surface area (Å²) in [5.74, 6) is 0.401. The van der Waals surface area contributed by atoms with E-state index in [1.807, 2.05) is 53.2 Å². The third-order valence-electron chi connectivity index (χ3n) is 5.23. The van der Waals surface area contributed by atoms with Crippen LogP contribution in [0.4, 0.5) is 0 Å². The molecule has 0 saturated carbocycles. The minimum Gasteiger partial charge on any atom is -0.488 e. The Hall–Kier alpha value is -3.12. The fraction of sp³-hybridized carbons (Fsp3) is 0.250. The lowest BCUT2D eigenvalue weighted by Gasteiger charge is -2.15. The third kappa shape index (κ3) is 4.39. The Bertz CT molecular complexity index is 1130. The quantitative estimate of drug-likeness (QED) is 0.392. The zero-order valence-electron chi connectivity index (χ0n) is 17.0. The number of benzene rings is 2. The summed E-state index contributed by atoms with van der Waals surface area (Å²) in [6.45, 7) is 4.88. The van der Waals surface area contributed by atoms with Gasteiger partial charge in [-0.2, -0.15) is 0 Å². The van der Waals surface area contributed by atoms with E-state index in [1.54, 1.807) is 0 Å². The van der Waals surface area contributed by atoms with E-state index in [-0.39, 0.29) is 6.42 Å². The lowest BCUT2D eigenvalue weighted by atomic mass is 9.95. The van der Waals surface area contributed by atoms with Crippen LogP contribution in [0.3, 0.4) is 0 Å². The molecule has 0 amide bonds. The first-order valence-electron chi connectivity index (χ1n) is 10.0. The molecule has 2 heterocycles. The molecule has 0 aliphatic heterocycles. The third-order valence-corrected chi connectivity index (χ3v) is 6.22. The van der Waals surface area contributed by atoms with Gasteiger partial charge in [-0.25, -0.2) is 4.98 Å². The molecular formula is C24H24N2O3S. The van der Waals surface area contributed by atoms with Crippen molar-refractivity contribution < 1.29 is 14.6 Å². The number of nitrogens with zero attached hydrogens (tertiary/aromatic N) is 2. The van der Waals surface area contributed by atoms with Gasteiger partial charge in [0, 0.05) is 22.8 Å². The molecule has 0 fully saturated rings. The summed E-state index contributed by atoms with van der Waals surface area (Å²) >= 11 is 1.40. The van der Waals surface area contributed by atoms with Crippen molar-refractivity contribution in [2.24, 2.45) is 0 Å². The predicted octanol–water partition coefficient (Wildman–Crippen LogP) is 5.78. The minimum absolute atomic E-state index is 0.0122. The molecule has 154 valence electrons. The zero-order valence-corrected chi connectivity index (χ0v) is 17.9. The van der Waals surface area contributed by atoms with Gasteiger partial charge >= 0.3 is 5.97 Å². The average Bonchev–Trinajstić information content (AvgIpc) is 3.30. The molecule has 4 rings (SSSR count). The number of carbonyl (C=O) groups is 1. The van der Waals surface area contributed by atoms with E-state index < -0.39 is 5.97 Å². The summed E-state index contributed by atoms with van der Waals surface area (Å²) in [5, 5.41) is 9.02. The number of rotatable bonds is 8. The molecule has 2 aromatic heterocycles. The first-order valence-corrected chi connectivity index (χ1v) is 10.9. The lowest BCUT2D eigenvalue weighted by molar-refractivity contribution is -0.136. The molecule has 5 nitrogen and oxygen atoms in total. The highest BCUT2D eigenvalue weighted by atomic mass is 32.1. The number of ether oxygens (including phenoxy) is 1. The van der Waals surface area contributed by atoms with Crippen LogP contribution in [0, 0.1) is 0 Å². The van der Waals surface area contributed by atoms with Crippen LogP contribution in [-0.4, -0.2) is 20.5 Å². The summed E-state index contributed by atoms with van der Waals surface area (Å²) in [6, 6.07) is 16.4. The number of thiazole rings is 1. The molecule has 1 N–H and O–H groups in total. The Morgan fingerprint density at radius 1 is 1.20 bits per heavy atom. The van der Waals surface area contributed by atoms with Crippen LogP contribution in [0.25, 0.3) is 16.2 Å². The number of aromatic nitrogens is 2. The number of carboxylic acids is 1. The molecule has 0 saturated heterocycles. The highest BCUT2D eigenvalue weighted by Gasteiger charge is 2.16. The summed E-state index contributed by atoms with van der Waals surface area (Å²) in [6.07, 6.45) is 4.86. The molecule has 0 aliphatic carbocycles. The minimum atomic E-state index is -0.836. The summed E-state index contributed by atoms with van der Waals surface area (Å²) in [7, 11) is 0. The number of carboxylic acid groups (broad SMARTS) is 1. The molecule has 0 spiro atoms. The Morgan fingerprint density at radius 2 is 2.00 bits per heavy atom. The topological polar surface area (TPSA) is 63.8 Å². The maximum atomic E-state index is 11.0. The number of aliphatic carboxylic acids is 1. The van der Waals surface area contributed by atoms with Gasteiger partial charge in [0.05, 0.1) is 12.1 Å². The van der Waals surface area contributed by atoms with Gasteiger partial charge in [-0.3, -0.25) is 9.20 Å². The fourth-order valence-corrected chi connectivity index (χ4v) is 4.31. The van der Waals surface area contributed by atoms with Crippen molar-refractivity contribution in [3.8, 4) is 17.0 Å². The second-order valence-electron chi connectivity index (χ2n) is 7.42. The summed E-state index contributed by atoms with van der Waals surface area (Å²) in [4.78, 5) is 17.3. The second-order valence-corrected chi connectivity index (χ2v) is 8.52. The highest BCUT2D eigenvalue weighted by molar-refractivity contribution is 7.17. The van der Waals surface area contributed by atoms with Crippen molar-refractivity contribution in [3.05, 3.63) is 76.9 Å². The van der Waals surface area contributed by atoms with Crippen molar-refractivity contribution in [1.29, 1.82) is 0 Å². The SMILES string of the molecule is CCC(C)c1ccc(OCc2ccccc2)c(-c2cn3cc(CC(=O)O)sc3n2)c1. The number of imidazole rings is 1. The second kappa shape index (κ2) is 8.71. The van der Waals surface area contributed by atoms with E-state index in [0.29, 0.717) is 12.5 Å². The molecule has 1 unspecified atom stereocenters. The molecule has 0 bridgehead atoms. The Balaban J connectivity index is 1.68. The van der Waals surface area contributed by atoms with Crippen LogP contribution in [0.2, 0.25) is 0 Å². The van der Waals surface area contributed by atoms with Gasteiger partial charge in [-0.1, -0.05) is 50.2 Å². The van der Waals surface area contributed by atoms with E-state index in [2.05, 4.69) is 26.0 Å². The summed E-state index contributed by atoms with van der Waals surface area (Å²) in [5.41, 5.74) is 4.15. The van der Waals surface area contributed by atoms with Gasteiger partial charge in [0.25, 0.3) is 0 Å². The Morgan fingerprint density at radius 3 is 2.70 bits per heavy atom. The Kier molecular flexibility index (Phi) is 5.86. The summed E-state index contributed by atoms with van der Waals surface area (Å²) < 4.78 is 8.07. The van der Waals surface area contributed by atoms with Crippen LogP contribution >= 0.6 is 11.3 Å². The first kappa shape index (κ1) is 20.2. The van der Waals surface area contributed by atoms with Crippen molar-refractivity contribution in [2.75, 3.05) is 0 Å². The highest BCUT2D eigenvalue weighted by Crippen LogP contribution is 2.35. The molecule has 1 atom stereocenters. The predicted molar refractivity (Wildman–Crippen MR) is 119 cm³/mol. The van der Waals surface area contributed by atoms with E-state index in [9.17, 15) is 4.79 Å². The number of hydrogen-bond acceptors (Lipinski definition) is 4. The van der Waals surface area contributed by atoms with Crippen molar-refractivity contribution >= 4 is 22.3 Å². The molecular weight excluding hydrogens is 396 g/mol. The lowest BCUT2D eigenvalue weighted by Crippen LogP contribution is -1.99. The van der Waals surface area contributed by atoms with Gasteiger partial charge in [-0.15, -0.1) is 11.3 Å². The first-order chi connectivity index (χ1) is 14.5. The van der Waals surface area contributed by atoms with Gasteiger partial charge in [0.15, 0.2) is 4.96 Å². The standard InChI is InChI=1S/C24H24N2O3S/c1-3-16(2)18-9-10-22(29-15-17-7-5-4-6-8-17)20(11-18)21-14-26-13-19(12-23(27)28)30-24(26)25-21/h4-11,13-14,16H,3,12,15H2,1-2H3,(H,27,28). The molecule has 0 aliphatic rings. The van der Waals surface area contributed by atoms with E-state index in [4.69, 9.17) is 14.8 Å². The van der Waals surface area contributed by atoms with Crippen LogP contribution < -0.4 is 4.74 Å². The fourth-order valence-electron chi connectivity index (χ4n) is 3.36. The molecule has 0 radical (unpaired) electrons. The molecule has 4 aromatic rings. The normalized spacial score (nSPS) is 12.2. The zero-order chi connectivity index (χ0) is 21.1. The van der Waals surface area contributed by atoms with Crippen LogP contribution in [-0.2, 0) is 17.8 Å². The molecule has 6 heteroatoms. The largest absolute Gasteiger partial charge is 0.488 e. The number of fused-ring (bicyclic) bond motifs is 1. The van der Waals surface area contributed by atoms with E-state index >= 15 is 0 Å². The molecule has 30 heavy (non-hydrogen) atoms. The monoisotopic (exact) mass is 420 g/mol. The van der Waals surface area contributed by atoms with Gasteiger partial charge in [0.2, 0.25) is 0 Å². The maximum Gasteiger partial charge on any atom is 0.308 e. The van der Waals surface area contributed by atoms with E-state index in [1.165, 1.54) is 16.9 Å². The number of hydrogen-bond donors (Lipinski definition) is 1. The van der Waals surface area contributed by atoms with Crippen LogP contribution in [0.5, 0.6) is 5.75 Å². The van der Waals surface area contributed by atoms with Crippen molar-refractivity contribution in [2.45, 2.75) is 39.2 Å². The van der Waals surface area contributed by atoms with Gasteiger partial charge in [-0.05, 0) is 35.6 Å². The smallest absolute Gasteiger partial charge is 0.308 e. The van der Waals surface area contributed by atoms with Gasteiger partial charge < -0.3 is 9.84 Å². The Labute approximate surface area is 179 Å². The van der Waals surface area contributed by atoms with E-state index in [0.717, 1.165) is 38.8 Å². The van der Waals surface area contributed by atoms with Crippen LogP contribution in [0.15, 0.2) is 60.9 Å². The van der Waals surface area contributed by atoms with Crippen LogP contribution in [0.1, 0.15) is 42.2 Å². The van der Waals surface area contributed by atoms with Gasteiger partial charge in [0.1, 0.15) is 12.4 Å². The molecule has 2 aromatic carbocycles. The van der Waals surface area contributed by atoms with Crippen molar-refractivity contribution in [1.82, 2.24) is 9.38 Å². The van der Waals surface area contributed by atoms with Crippen molar-refractivity contribution in [3.63, 3.8) is 0 Å².